The lowest BCUT2D eigenvalue weighted by atomic mass is 9.74. The molecule has 432 valence electrons. The number of hydrogen-bond acceptors (Lipinski definition) is 0. The third kappa shape index (κ3) is 18.0. The zero-order chi connectivity index (χ0) is 61.0. The highest BCUT2D eigenvalue weighted by atomic mass is 14.3. The van der Waals surface area contributed by atoms with Crippen molar-refractivity contribution in [2.24, 2.45) is 0 Å². The average molecular weight is 1090 g/mol. The lowest BCUT2D eigenvalue weighted by molar-refractivity contribution is 0.530. The predicted molar refractivity (Wildman–Crippen MR) is 371 cm³/mol. The van der Waals surface area contributed by atoms with Crippen molar-refractivity contribution in [2.75, 3.05) is 0 Å². The summed E-state index contributed by atoms with van der Waals surface area (Å²) < 4.78 is 0. The van der Waals surface area contributed by atoms with Crippen molar-refractivity contribution in [3.05, 3.63) is 234 Å². The maximum absolute atomic E-state index is 2.39. The summed E-state index contributed by atoms with van der Waals surface area (Å²) in [6, 6.07) is 41.8. The first-order valence-electron chi connectivity index (χ1n) is 30.3. The molecule has 0 saturated heterocycles. The lowest BCUT2D eigenvalue weighted by Gasteiger charge is -2.30. The second-order valence-electron chi connectivity index (χ2n) is 31.5. The molecule has 0 nitrogen and oxygen atoms in total. The SMILES string of the molecule is CC(C)(C)c1ccc(/C=C/c2cc(/C=C/C=C/C=C/c3cc(/C=C/c4ccc(C(C)(C)C)c(C(C)(C)C)c4)cc(/C=C/c4ccc(C(C)(C)C)c(C(C)(C)C)c4)c3)cc(/C=C/c3ccc(C(C)(C)C)c(C(C)(C)C)c3)c2)cc1C(C)(C)C. The van der Waals surface area contributed by atoms with Crippen LogP contribution in [0.2, 0.25) is 0 Å². The quantitative estimate of drug-likeness (QED) is 0.0846. The second kappa shape index (κ2) is 24.8. The number of rotatable bonds is 12. The highest BCUT2D eigenvalue weighted by Gasteiger charge is 2.29. The van der Waals surface area contributed by atoms with Gasteiger partial charge in [-0.25, -0.2) is 0 Å². The molecule has 0 heterocycles. The van der Waals surface area contributed by atoms with E-state index in [0.717, 1.165) is 33.4 Å². The van der Waals surface area contributed by atoms with E-state index < -0.39 is 0 Å². The van der Waals surface area contributed by atoms with Gasteiger partial charge in [-0.3, -0.25) is 0 Å². The maximum atomic E-state index is 2.39. The average Bonchev–Trinajstić information content (AvgIpc) is 3.55. The number of allylic oxidation sites excluding steroid dienone is 4. The molecule has 0 heteroatoms. The Bertz CT molecular complexity index is 2990. The Balaban J connectivity index is 1.36. The van der Waals surface area contributed by atoms with Crippen molar-refractivity contribution in [3.8, 4) is 0 Å². The molecule has 0 N–H and O–H groups in total. The molecule has 0 atom stereocenters. The molecule has 0 fully saturated rings. The summed E-state index contributed by atoms with van der Waals surface area (Å²) in [5.41, 5.74) is 23.4. The smallest absolute Gasteiger partial charge is 0.0129 e. The van der Waals surface area contributed by atoms with E-state index in [1.54, 1.807) is 0 Å². The van der Waals surface area contributed by atoms with Gasteiger partial charge < -0.3 is 0 Å². The molecule has 82 heavy (non-hydrogen) atoms. The van der Waals surface area contributed by atoms with E-state index in [-0.39, 0.29) is 43.3 Å². The standard InChI is InChI=1S/C82H104/c1-75(2,3)67-43-39-57(53-71(67)79(13,14)15)31-35-63-47-61(48-64(51-63)36-32-58-40-44-68(76(4,5)6)72(54-58)80(16,17)18)29-27-25-26-28-30-62-49-65(37-33-59-41-45-69(77(7,8)9)73(55-59)81(19,20)21)52-66(50-62)38-34-60-42-46-70(78(10,11)12)74(56-60)82(22,23)24/h25-56H,1-24H3/b26-25+,29-27+,30-28+,35-31+,36-32+,37-33+,38-34+. The van der Waals surface area contributed by atoms with Crippen LogP contribution in [-0.2, 0) is 43.3 Å². The van der Waals surface area contributed by atoms with Gasteiger partial charge in [-0.05, 0) is 180 Å². The van der Waals surface area contributed by atoms with E-state index in [1.165, 1.54) is 66.8 Å². The third-order valence-corrected chi connectivity index (χ3v) is 15.4. The molecule has 0 spiro atoms. The molecule has 0 saturated carbocycles. The van der Waals surface area contributed by atoms with E-state index in [1.807, 2.05) is 0 Å². The maximum Gasteiger partial charge on any atom is -0.0129 e. The van der Waals surface area contributed by atoms with Crippen molar-refractivity contribution >= 4 is 60.8 Å². The molecular formula is C82H104. The molecule has 0 amide bonds. The van der Waals surface area contributed by atoms with Gasteiger partial charge in [0.15, 0.2) is 0 Å². The van der Waals surface area contributed by atoms with Crippen LogP contribution in [0.3, 0.4) is 0 Å². The van der Waals surface area contributed by atoms with Gasteiger partial charge in [0.05, 0.1) is 0 Å². The first kappa shape index (κ1) is 64.7. The Hall–Kier alpha value is -6.50. The van der Waals surface area contributed by atoms with Crippen LogP contribution >= 0.6 is 0 Å². The second-order valence-corrected chi connectivity index (χ2v) is 31.5. The monoisotopic (exact) mass is 1090 g/mol. The Labute approximate surface area is 501 Å². The highest BCUT2D eigenvalue weighted by Crippen LogP contribution is 2.39. The fourth-order valence-electron chi connectivity index (χ4n) is 11.0. The molecule has 6 aromatic carbocycles. The van der Waals surface area contributed by atoms with Crippen LogP contribution < -0.4 is 0 Å². The van der Waals surface area contributed by atoms with E-state index in [0.29, 0.717) is 0 Å². The van der Waals surface area contributed by atoms with Crippen LogP contribution in [0.5, 0.6) is 0 Å². The molecule has 0 unspecified atom stereocenters. The zero-order valence-corrected chi connectivity index (χ0v) is 55.5. The van der Waals surface area contributed by atoms with Gasteiger partial charge >= 0.3 is 0 Å². The molecule has 0 aliphatic carbocycles. The van der Waals surface area contributed by atoms with Gasteiger partial charge in [0.1, 0.15) is 0 Å². The number of benzene rings is 6. The molecule has 6 aromatic rings. The summed E-state index contributed by atoms with van der Waals surface area (Å²) in [6.07, 6.45) is 31.2. The Morgan fingerprint density at radius 3 is 0.488 bits per heavy atom. The Morgan fingerprint density at radius 1 is 0.159 bits per heavy atom. The Kier molecular flexibility index (Phi) is 19.5. The first-order valence-corrected chi connectivity index (χ1v) is 30.3. The van der Waals surface area contributed by atoms with Crippen molar-refractivity contribution in [1.82, 2.24) is 0 Å². The minimum absolute atomic E-state index is 0.0327. The van der Waals surface area contributed by atoms with Gasteiger partial charge in [0.25, 0.3) is 0 Å². The van der Waals surface area contributed by atoms with Gasteiger partial charge in [-0.15, -0.1) is 0 Å². The predicted octanol–water partition coefficient (Wildman–Crippen LogP) is 24.0. The van der Waals surface area contributed by atoms with Gasteiger partial charge in [-0.2, -0.15) is 0 Å². The fraction of sp³-hybridized carbons (Fsp3) is 0.390. The minimum Gasteiger partial charge on any atom is -0.0622 e. The van der Waals surface area contributed by atoms with Crippen LogP contribution in [-0.4, -0.2) is 0 Å². The van der Waals surface area contributed by atoms with Crippen LogP contribution in [0.15, 0.2) is 133 Å². The van der Waals surface area contributed by atoms with Crippen LogP contribution in [0.4, 0.5) is 0 Å². The van der Waals surface area contributed by atoms with Gasteiger partial charge in [-0.1, -0.05) is 324 Å². The van der Waals surface area contributed by atoms with E-state index in [2.05, 4.69) is 360 Å². The molecule has 0 aliphatic rings. The summed E-state index contributed by atoms with van der Waals surface area (Å²) in [5, 5.41) is 0. The summed E-state index contributed by atoms with van der Waals surface area (Å²) in [4.78, 5) is 0. The third-order valence-electron chi connectivity index (χ3n) is 15.4. The fourth-order valence-corrected chi connectivity index (χ4v) is 11.0. The van der Waals surface area contributed by atoms with Crippen molar-refractivity contribution in [1.29, 1.82) is 0 Å². The molecule has 0 bridgehead atoms. The van der Waals surface area contributed by atoms with Crippen molar-refractivity contribution in [3.63, 3.8) is 0 Å². The van der Waals surface area contributed by atoms with Crippen molar-refractivity contribution in [2.45, 2.75) is 209 Å². The summed E-state index contributed by atoms with van der Waals surface area (Å²) in [6.45, 7) is 55.6. The summed E-state index contributed by atoms with van der Waals surface area (Å²) >= 11 is 0. The molecule has 6 rings (SSSR count). The van der Waals surface area contributed by atoms with E-state index in [4.69, 9.17) is 0 Å². The normalized spacial score (nSPS) is 14.0. The molecule has 0 aliphatic heterocycles. The minimum atomic E-state index is 0.0327. The van der Waals surface area contributed by atoms with E-state index in [9.17, 15) is 0 Å². The Morgan fingerprint density at radius 2 is 0.317 bits per heavy atom. The van der Waals surface area contributed by atoms with Gasteiger partial charge in [0, 0.05) is 0 Å². The van der Waals surface area contributed by atoms with E-state index >= 15 is 0 Å². The summed E-state index contributed by atoms with van der Waals surface area (Å²) in [7, 11) is 0. The highest BCUT2D eigenvalue weighted by molar-refractivity contribution is 5.79. The van der Waals surface area contributed by atoms with Crippen LogP contribution in [0, 0.1) is 0 Å². The largest absolute Gasteiger partial charge is 0.0622 e. The van der Waals surface area contributed by atoms with Crippen molar-refractivity contribution < 1.29 is 0 Å². The lowest BCUT2D eigenvalue weighted by Crippen LogP contribution is -2.22. The van der Waals surface area contributed by atoms with Gasteiger partial charge in [0.2, 0.25) is 0 Å². The van der Waals surface area contributed by atoms with Crippen LogP contribution in [0.1, 0.15) is 266 Å². The summed E-state index contributed by atoms with van der Waals surface area (Å²) in [5.74, 6) is 0. The zero-order valence-electron chi connectivity index (χ0n) is 55.5. The molecule has 0 radical (unpaired) electrons. The van der Waals surface area contributed by atoms with Crippen LogP contribution in [0.25, 0.3) is 60.8 Å². The molecular weight excluding hydrogens is 985 g/mol. The molecule has 0 aromatic heterocycles. The topological polar surface area (TPSA) is 0 Å². The number of hydrogen-bond donors (Lipinski definition) is 0. The first-order chi connectivity index (χ1) is 37.7.